The van der Waals surface area contributed by atoms with E-state index in [1.54, 1.807) is 6.92 Å². The Labute approximate surface area is 116 Å². The molecule has 20 heavy (non-hydrogen) atoms. The van der Waals surface area contributed by atoms with Crippen molar-refractivity contribution in [2.75, 3.05) is 13.7 Å². The zero-order chi connectivity index (χ0) is 15.3. The highest BCUT2D eigenvalue weighted by atomic mass is 16.5. The van der Waals surface area contributed by atoms with Crippen LogP contribution in [-0.4, -0.2) is 36.5 Å². The van der Waals surface area contributed by atoms with Gasteiger partial charge in [0.2, 0.25) is 0 Å². The molecule has 0 amide bonds. The number of rotatable bonds is 6. The first-order valence-corrected chi connectivity index (χ1v) is 6.00. The predicted octanol–water partition coefficient (Wildman–Crippen LogP) is 1.63. The van der Waals surface area contributed by atoms with Crippen molar-refractivity contribution in [3.63, 3.8) is 0 Å². The first-order chi connectivity index (χ1) is 9.42. The molecule has 1 N–H and O–H groups in total. The highest BCUT2D eigenvalue weighted by Crippen LogP contribution is 2.26. The summed E-state index contributed by atoms with van der Waals surface area (Å²) in [5.74, 6) is -3.39. The van der Waals surface area contributed by atoms with Crippen molar-refractivity contribution in [3.8, 4) is 5.75 Å². The van der Waals surface area contributed by atoms with Crippen LogP contribution in [0.4, 0.5) is 0 Å². The number of aromatic carboxylic acids is 1. The molecule has 0 aliphatic heterocycles. The Hall–Kier alpha value is -2.37. The van der Waals surface area contributed by atoms with Crippen molar-refractivity contribution >= 4 is 17.7 Å². The highest BCUT2D eigenvalue weighted by molar-refractivity contribution is 6.06. The number of carbonyl (C=O) groups is 3. The van der Waals surface area contributed by atoms with Crippen molar-refractivity contribution < 1.29 is 29.0 Å². The average Bonchev–Trinajstić information content (AvgIpc) is 2.38. The smallest absolute Gasteiger partial charge is 0.336 e. The summed E-state index contributed by atoms with van der Waals surface area (Å²) < 4.78 is 9.77. The lowest BCUT2D eigenvalue weighted by Crippen LogP contribution is -2.24. The number of carbonyl (C=O) groups excluding carboxylic acids is 2. The molecular formula is C14H16O6. The lowest BCUT2D eigenvalue weighted by Gasteiger charge is -2.16. The number of esters is 1. The van der Waals surface area contributed by atoms with E-state index in [0.29, 0.717) is 5.75 Å². The van der Waals surface area contributed by atoms with Crippen LogP contribution in [-0.2, 0) is 14.3 Å². The molecule has 1 atom stereocenters. The Bertz CT molecular complexity index is 534. The molecule has 0 heterocycles. The summed E-state index contributed by atoms with van der Waals surface area (Å²) in [6, 6.07) is 4.16. The monoisotopic (exact) mass is 280 g/mol. The lowest BCUT2D eigenvalue weighted by atomic mass is 9.91. The minimum Gasteiger partial charge on any atom is -0.497 e. The molecule has 0 aliphatic rings. The average molecular weight is 280 g/mol. The van der Waals surface area contributed by atoms with E-state index in [-0.39, 0.29) is 17.7 Å². The molecule has 1 aromatic carbocycles. The van der Waals surface area contributed by atoms with Gasteiger partial charge in [-0.2, -0.15) is 0 Å². The molecule has 0 radical (unpaired) electrons. The van der Waals surface area contributed by atoms with Crippen LogP contribution in [0.3, 0.4) is 0 Å². The number of ketones is 1. The molecule has 1 unspecified atom stereocenters. The summed E-state index contributed by atoms with van der Waals surface area (Å²) in [6.45, 7) is 2.94. The molecule has 0 saturated carbocycles. The second-order valence-electron chi connectivity index (χ2n) is 4.05. The number of benzene rings is 1. The summed E-state index contributed by atoms with van der Waals surface area (Å²) in [5.41, 5.74) is -0.0538. The van der Waals surface area contributed by atoms with Gasteiger partial charge in [-0.25, -0.2) is 4.79 Å². The second kappa shape index (κ2) is 6.70. The SMILES string of the molecule is CCOC(=O)C(C(C)=O)c1ccc(OC)cc1C(=O)O. The third kappa shape index (κ3) is 3.34. The Balaban J connectivity index is 3.36. The molecule has 0 aliphatic carbocycles. The van der Waals surface area contributed by atoms with Crippen LogP contribution in [0.1, 0.15) is 35.7 Å². The van der Waals surface area contributed by atoms with Gasteiger partial charge in [0.25, 0.3) is 0 Å². The summed E-state index contributed by atoms with van der Waals surface area (Å²) in [4.78, 5) is 34.8. The summed E-state index contributed by atoms with van der Waals surface area (Å²) in [5, 5.41) is 9.21. The summed E-state index contributed by atoms with van der Waals surface area (Å²) in [6.07, 6.45) is 0. The number of hydrogen-bond donors (Lipinski definition) is 1. The molecule has 1 aromatic rings. The summed E-state index contributed by atoms with van der Waals surface area (Å²) in [7, 11) is 1.40. The van der Waals surface area contributed by atoms with Crippen LogP contribution in [0.5, 0.6) is 5.75 Å². The van der Waals surface area contributed by atoms with Gasteiger partial charge in [0, 0.05) is 0 Å². The number of Topliss-reactive ketones (excluding diaryl/α,β-unsaturated/α-hetero) is 1. The normalized spacial score (nSPS) is 11.6. The Morgan fingerprint density at radius 1 is 1.30 bits per heavy atom. The van der Waals surface area contributed by atoms with E-state index in [0.717, 1.165) is 0 Å². The maximum atomic E-state index is 11.8. The fraction of sp³-hybridized carbons (Fsp3) is 0.357. The van der Waals surface area contributed by atoms with E-state index in [2.05, 4.69) is 0 Å². The standard InChI is InChI=1S/C14H16O6/c1-4-20-14(18)12(8(2)15)10-6-5-9(19-3)7-11(10)13(16)17/h5-7,12H,4H2,1-3H3,(H,16,17). The van der Waals surface area contributed by atoms with Crippen LogP contribution in [0, 0.1) is 0 Å². The van der Waals surface area contributed by atoms with Gasteiger partial charge < -0.3 is 14.6 Å². The molecule has 6 nitrogen and oxygen atoms in total. The van der Waals surface area contributed by atoms with E-state index in [1.165, 1.54) is 32.2 Å². The molecular weight excluding hydrogens is 264 g/mol. The minimum atomic E-state index is -1.24. The number of methoxy groups -OCH3 is 1. The minimum absolute atomic E-state index is 0.101. The molecule has 0 spiro atoms. The van der Waals surface area contributed by atoms with E-state index in [9.17, 15) is 19.5 Å². The molecule has 108 valence electrons. The van der Waals surface area contributed by atoms with Crippen LogP contribution in [0.15, 0.2) is 18.2 Å². The van der Waals surface area contributed by atoms with Gasteiger partial charge in [-0.15, -0.1) is 0 Å². The second-order valence-corrected chi connectivity index (χ2v) is 4.05. The van der Waals surface area contributed by atoms with Crippen molar-refractivity contribution in [2.24, 2.45) is 0 Å². The lowest BCUT2D eigenvalue weighted by molar-refractivity contribution is -0.147. The van der Waals surface area contributed by atoms with Crippen LogP contribution in [0.25, 0.3) is 0 Å². The van der Waals surface area contributed by atoms with E-state index >= 15 is 0 Å². The third-order valence-corrected chi connectivity index (χ3v) is 2.73. The molecule has 6 heteroatoms. The fourth-order valence-corrected chi connectivity index (χ4v) is 1.84. The van der Waals surface area contributed by atoms with Gasteiger partial charge in [0.05, 0.1) is 19.3 Å². The molecule has 0 bridgehead atoms. The fourth-order valence-electron chi connectivity index (χ4n) is 1.84. The first-order valence-electron chi connectivity index (χ1n) is 6.00. The van der Waals surface area contributed by atoms with E-state index in [4.69, 9.17) is 9.47 Å². The number of ether oxygens (including phenoxy) is 2. The van der Waals surface area contributed by atoms with E-state index in [1.807, 2.05) is 0 Å². The van der Waals surface area contributed by atoms with Crippen LogP contribution >= 0.6 is 0 Å². The van der Waals surface area contributed by atoms with Crippen molar-refractivity contribution in [3.05, 3.63) is 29.3 Å². The Morgan fingerprint density at radius 3 is 2.40 bits per heavy atom. The number of carboxylic acid groups (broad SMARTS) is 1. The maximum absolute atomic E-state index is 11.8. The zero-order valence-corrected chi connectivity index (χ0v) is 11.5. The quantitative estimate of drug-likeness (QED) is 0.629. The number of hydrogen-bond acceptors (Lipinski definition) is 5. The van der Waals surface area contributed by atoms with E-state index < -0.39 is 23.6 Å². The van der Waals surface area contributed by atoms with Gasteiger partial charge in [-0.3, -0.25) is 9.59 Å². The topological polar surface area (TPSA) is 89.9 Å². The van der Waals surface area contributed by atoms with Gasteiger partial charge in [0.1, 0.15) is 17.5 Å². The van der Waals surface area contributed by atoms with Crippen molar-refractivity contribution in [2.45, 2.75) is 19.8 Å². The largest absolute Gasteiger partial charge is 0.497 e. The van der Waals surface area contributed by atoms with Gasteiger partial charge in [-0.05, 0) is 31.5 Å². The molecule has 0 fully saturated rings. The maximum Gasteiger partial charge on any atom is 0.336 e. The Kier molecular flexibility index (Phi) is 5.25. The zero-order valence-electron chi connectivity index (χ0n) is 11.5. The third-order valence-electron chi connectivity index (χ3n) is 2.73. The molecule has 0 aromatic heterocycles. The molecule has 1 rings (SSSR count). The van der Waals surface area contributed by atoms with Crippen LogP contribution < -0.4 is 4.74 Å². The van der Waals surface area contributed by atoms with Gasteiger partial charge >= 0.3 is 11.9 Å². The first kappa shape index (κ1) is 15.7. The highest BCUT2D eigenvalue weighted by Gasteiger charge is 2.30. The molecule has 0 saturated heterocycles. The van der Waals surface area contributed by atoms with Gasteiger partial charge in [-0.1, -0.05) is 6.07 Å². The predicted molar refractivity (Wildman–Crippen MR) is 70.0 cm³/mol. The Morgan fingerprint density at radius 2 is 1.95 bits per heavy atom. The number of carboxylic acids is 1. The van der Waals surface area contributed by atoms with Crippen LogP contribution in [0.2, 0.25) is 0 Å². The van der Waals surface area contributed by atoms with Gasteiger partial charge in [0.15, 0.2) is 0 Å². The van der Waals surface area contributed by atoms with Crippen molar-refractivity contribution in [1.82, 2.24) is 0 Å². The summed E-state index contributed by atoms with van der Waals surface area (Å²) >= 11 is 0. The van der Waals surface area contributed by atoms with Crippen molar-refractivity contribution in [1.29, 1.82) is 0 Å².